The molecule has 18 heavy (non-hydrogen) atoms. The van der Waals surface area contributed by atoms with Gasteiger partial charge in [-0.25, -0.2) is 14.4 Å². The average Bonchev–Trinajstić information content (AvgIpc) is 2.78. The predicted octanol–water partition coefficient (Wildman–Crippen LogP) is 3.38. The summed E-state index contributed by atoms with van der Waals surface area (Å²) in [4.78, 5) is 11.9. The minimum atomic E-state index is -0.204. The molecule has 2 aromatic heterocycles. The predicted molar refractivity (Wildman–Crippen MR) is 68.8 cm³/mol. The number of H-pyrrole nitrogens is 1. The fourth-order valence-corrected chi connectivity index (χ4v) is 1.96. The zero-order valence-electron chi connectivity index (χ0n) is 10.2. The molecule has 0 spiro atoms. The number of pyridine rings is 1. The van der Waals surface area contributed by atoms with E-state index in [-0.39, 0.29) is 5.82 Å². The maximum atomic E-state index is 13.2. The summed E-state index contributed by atoms with van der Waals surface area (Å²) in [5.74, 6) is 0.513. The van der Waals surface area contributed by atoms with Crippen molar-refractivity contribution < 1.29 is 4.39 Å². The van der Waals surface area contributed by atoms with E-state index in [0.717, 1.165) is 22.5 Å². The molecular weight excluding hydrogens is 229 g/mol. The number of imidazole rings is 1. The van der Waals surface area contributed by atoms with Gasteiger partial charge in [-0.15, -0.1) is 0 Å². The summed E-state index contributed by atoms with van der Waals surface area (Å²) in [6.07, 6.45) is 1.73. The standard InChI is InChI=1S/C14H12FN3/c1-8-5-6-16-14-12(8)17-13(18-14)10-3-4-11(15)9(2)7-10/h3-7H,1-2H3,(H,16,17,18). The van der Waals surface area contributed by atoms with Crippen LogP contribution in [0.25, 0.3) is 22.6 Å². The zero-order chi connectivity index (χ0) is 12.7. The van der Waals surface area contributed by atoms with Crippen LogP contribution in [-0.2, 0) is 0 Å². The van der Waals surface area contributed by atoms with Crippen LogP contribution in [-0.4, -0.2) is 15.0 Å². The first-order chi connectivity index (χ1) is 8.65. The lowest BCUT2D eigenvalue weighted by Crippen LogP contribution is -1.85. The highest BCUT2D eigenvalue weighted by Gasteiger charge is 2.08. The third-order valence-electron chi connectivity index (χ3n) is 3.03. The molecule has 3 nitrogen and oxygen atoms in total. The Hall–Kier alpha value is -2.23. The second kappa shape index (κ2) is 3.91. The van der Waals surface area contributed by atoms with Gasteiger partial charge in [0.1, 0.15) is 11.6 Å². The minimum Gasteiger partial charge on any atom is -0.336 e. The van der Waals surface area contributed by atoms with Crippen molar-refractivity contribution in [1.29, 1.82) is 0 Å². The number of aryl methyl sites for hydroxylation is 2. The van der Waals surface area contributed by atoms with E-state index in [9.17, 15) is 4.39 Å². The molecule has 0 bridgehead atoms. The topological polar surface area (TPSA) is 41.6 Å². The van der Waals surface area contributed by atoms with Gasteiger partial charge in [0.15, 0.2) is 5.65 Å². The first-order valence-electron chi connectivity index (χ1n) is 5.73. The normalized spacial score (nSPS) is 11.1. The Balaban J connectivity index is 2.19. The van der Waals surface area contributed by atoms with Crippen LogP contribution in [0.15, 0.2) is 30.5 Å². The summed E-state index contributed by atoms with van der Waals surface area (Å²) in [6, 6.07) is 6.89. The molecule has 3 aromatic rings. The van der Waals surface area contributed by atoms with E-state index in [1.54, 1.807) is 25.3 Å². The van der Waals surface area contributed by atoms with Crippen LogP contribution in [0.4, 0.5) is 4.39 Å². The van der Waals surface area contributed by atoms with Gasteiger partial charge in [0.25, 0.3) is 0 Å². The van der Waals surface area contributed by atoms with E-state index in [2.05, 4.69) is 15.0 Å². The number of benzene rings is 1. The summed E-state index contributed by atoms with van der Waals surface area (Å²) in [5, 5.41) is 0. The third-order valence-corrected chi connectivity index (χ3v) is 3.03. The smallest absolute Gasteiger partial charge is 0.178 e. The Bertz CT molecular complexity index is 731. The Morgan fingerprint density at radius 3 is 2.67 bits per heavy atom. The monoisotopic (exact) mass is 241 g/mol. The number of rotatable bonds is 1. The molecule has 0 aliphatic rings. The van der Waals surface area contributed by atoms with E-state index in [1.807, 2.05) is 13.0 Å². The number of aromatic amines is 1. The van der Waals surface area contributed by atoms with Crippen LogP contribution >= 0.6 is 0 Å². The Morgan fingerprint density at radius 1 is 1.11 bits per heavy atom. The largest absolute Gasteiger partial charge is 0.336 e. The molecule has 1 aromatic carbocycles. The quantitative estimate of drug-likeness (QED) is 0.709. The van der Waals surface area contributed by atoms with Crippen molar-refractivity contribution in [2.24, 2.45) is 0 Å². The lowest BCUT2D eigenvalue weighted by Gasteiger charge is -1.99. The van der Waals surface area contributed by atoms with Gasteiger partial charge >= 0.3 is 0 Å². The molecule has 3 rings (SSSR count). The highest BCUT2D eigenvalue weighted by Crippen LogP contribution is 2.22. The number of nitrogens with one attached hydrogen (secondary N) is 1. The Labute approximate surface area is 104 Å². The summed E-state index contributed by atoms with van der Waals surface area (Å²) in [6.45, 7) is 3.74. The molecule has 0 atom stereocenters. The van der Waals surface area contributed by atoms with E-state index < -0.39 is 0 Å². The van der Waals surface area contributed by atoms with E-state index in [1.165, 1.54) is 6.07 Å². The van der Waals surface area contributed by atoms with Crippen molar-refractivity contribution in [2.75, 3.05) is 0 Å². The molecular formula is C14H12FN3. The third kappa shape index (κ3) is 1.66. The van der Waals surface area contributed by atoms with Crippen molar-refractivity contribution >= 4 is 11.2 Å². The zero-order valence-corrected chi connectivity index (χ0v) is 10.2. The average molecular weight is 241 g/mol. The van der Waals surface area contributed by atoms with Crippen molar-refractivity contribution in [3.05, 3.63) is 47.4 Å². The molecule has 0 amide bonds. The molecule has 0 aliphatic carbocycles. The summed E-state index contributed by atoms with van der Waals surface area (Å²) >= 11 is 0. The van der Waals surface area contributed by atoms with Crippen molar-refractivity contribution in [1.82, 2.24) is 15.0 Å². The second-order valence-corrected chi connectivity index (χ2v) is 4.38. The van der Waals surface area contributed by atoms with Gasteiger partial charge in [-0.1, -0.05) is 0 Å². The van der Waals surface area contributed by atoms with Crippen molar-refractivity contribution in [3.63, 3.8) is 0 Å². The van der Waals surface area contributed by atoms with Gasteiger partial charge < -0.3 is 4.98 Å². The second-order valence-electron chi connectivity index (χ2n) is 4.38. The number of hydrogen-bond donors (Lipinski definition) is 1. The van der Waals surface area contributed by atoms with Gasteiger partial charge in [0, 0.05) is 11.8 Å². The first kappa shape index (κ1) is 10.9. The minimum absolute atomic E-state index is 0.204. The molecule has 90 valence electrons. The summed E-state index contributed by atoms with van der Waals surface area (Å²) in [5.41, 5.74) is 4.18. The fourth-order valence-electron chi connectivity index (χ4n) is 1.96. The SMILES string of the molecule is Cc1cc(-c2nc3nccc(C)c3[nH]2)ccc1F. The lowest BCUT2D eigenvalue weighted by atomic mass is 10.1. The lowest BCUT2D eigenvalue weighted by molar-refractivity contribution is 0.618. The van der Waals surface area contributed by atoms with Crippen LogP contribution in [0.2, 0.25) is 0 Å². The fraction of sp³-hybridized carbons (Fsp3) is 0.143. The molecule has 0 radical (unpaired) electrons. The van der Waals surface area contributed by atoms with E-state index >= 15 is 0 Å². The molecule has 2 heterocycles. The number of nitrogens with zero attached hydrogens (tertiary/aromatic N) is 2. The van der Waals surface area contributed by atoms with Crippen LogP contribution in [0.3, 0.4) is 0 Å². The number of hydrogen-bond acceptors (Lipinski definition) is 2. The van der Waals surface area contributed by atoms with Crippen molar-refractivity contribution in [3.8, 4) is 11.4 Å². The van der Waals surface area contributed by atoms with E-state index in [0.29, 0.717) is 11.2 Å². The Morgan fingerprint density at radius 2 is 1.94 bits per heavy atom. The molecule has 0 aliphatic heterocycles. The van der Waals surface area contributed by atoms with Crippen LogP contribution in [0.1, 0.15) is 11.1 Å². The van der Waals surface area contributed by atoms with Gasteiger partial charge in [0.05, 0.1) is 5.52 Å². The summed E-state index contributed by atoms with van der Waals surface area (Å²) < 4.78 is 13.2. The molecule has 1 N–H and O–H groups in total. The highest BCUT2D eigenvalue weighted by molar-refractivity contribution is 5.78. The number of aromatic nitrogens is 3. The number of halogens is 1. The number of fused-ring (bicyclic) bond motifs is 1. The highest BCUT2D eigenvalue weighted by atomic mass is 19.1. The molecule has 0 saturated heterocycles. The van der Waals surface area contributed by atoms with Gasteiger partial charge in [-0.3, -0.25) is 0 Å². The maximum absolute atomic E-state index is 13.2. The Kier molecular flexibility index (Phi) is 2.37. The summed E-state index contributed by atoms with van der Waals surface area (Å²) in [7, 11) is 0. The maximum Gasteiger partial charge on any atom is 0.178 e. The van der Waals surface area contributed by atoms with Gasteiger partial charge in [-0.2, -0.15) is 0 Å². The molecule has 4 heteroatoms. The molecule has 0 unspecified atom stereocenters. The van der Waals surface area contributed by atoms with Crippen molar-refractivity contribution in [2.45, 2.75) is 13.8 Å². The van der Waals surface area contributed by atoms with Gasteiger partial charge in [0.2, 0.25) is 0 Å². The first-order valence-corrected chi connectivity index (χ1v) is 5.73. The molecule has 0 saturated carbocycles. The van der Waals surface area contributed by atoms with Crippen LogP contribution < -0.4 is 0 Å². The molecule has 0 fully saturated rings. The van der Waals surface area contributed by atoms with E-state index in [4.69, 9.17) is 0 Å². The van der Waals surface area contributed by atoms with Crippen LogP contribution in [0.5, 0.6) is 0 Å². The van der Waals surface area contributed by atoms with Crippen LogP contribution in [0, 0.1) is 19.7 Å². The van der Waals surface area contributed by atoms with Gasteiger partial charge in [-0.05, 0) is 49.2 Å².